The van der Waals surface area contributed by atoms with Crippen molar-refractivity contribution in [1.29, 1.82) is 0 Å². The number of pyridine rings is 1. The quantitative estimate of drug-likeness (QED) is 0.705. The Hall–Kier alpha value is -1.69. The van der Waals surface area contributed by atoms with Crippen LogP contribution in [0.5, 0.6) is 0 Å². The van der Waals surface area contributed by atoms with E-state index >= 15 is 0 Å². The SMILES string of the molecule is CS(=O)c1ccc(C(NC2CCC2)c2cc3cccnc3[nH]2)cc1Cl. The Labute approximate surface area is 154 Å². The third-order valence-electron chi connectivity index (χ3n) is 4.83. The van der Waals surface area contributed by atoms with E-state index in [2.05, 4.69) is 27.4 Å². The molecule has 130 valence electrons. The van der Waals surface area contributed by atoms with Crippen LogP contribution in [0.25, 0.3) is 11.0 Å². The highest BCUT2D eigenvalue weighted by Gasteiger charge is 2.25. The van der Waals surface area contributed by atoms with Crippen LogP contribution in [0.15, 0.2) is 47.5 Å². The molecule has 1 saturated carbocycles. The molecule has 2 atom stereocenters. The smallest absolute Gasteiger partial charge is 0.137 e. The van der Waals surface area contributed by atoms with Gasteiger partial charge in [-0.25, -0.2) is 4.98 Å². The van der Waals surface area contributed by atoms with Crippen LogP contribution >= 0.6 is 11.6 Å². The number of hydrogen-bond donors (Lipinski definition) is 2. The molecule has 3 aromatic rings. The normalized spacial score (nSPS) is 17.4. The standard InChI is InChI=1S/C19H20ClN3OS/c1-25(24)17-8-7-12(10-15(17)20)18(22-14-5-2-6-14)16-11-13-4-3-9-21-19(13)23-16/h3-4,7-11,14,18,22H,2,5-6H2,1H3,(H,21,23). The lowest BCUT2D eigenvalue weighted by atomic mass is 9.91. The Kier molecular flexibility index (Phi) is 4.63. The number of aromatic nitrogens is 2. The van der Waals surface area contributed by atoms with Gasteiger partial charge >= 0.3 is 0 Å². The number of rotatable bonds is 5. The van der Waals surface area contributed by atoms with Crippen molar-refractivity contribution in [3.63, 3.8) is 0 Å². The maximum atomic E-state index is 11.8. The first-order chi connectivity index (χ1) is 12.1. The van der Waals surface area contributed by atoms with Gasteiger partial charge in [-0.1, -0.05) is 24.1 Å². The van der Waals surface area contributed by atoms with Gasteiger partial charge < -0.3 is 10.3 Å². The highest BCUT2D eigenvalue weighted by Crippen LogP contribution is 2.31. The van der Waals surface area contributed by atoms with Crippen LogP contribution in [-0.2, 0) is 10.8 Å². The summed E-state index contributed by atoms with van der Waals surface area (Å²) in [7, 11) is -1.09. The molecule has 0 saturated heterocycles. The van der Waals surface area contributed by atoms with Crippen molar-refractivity contribution >= 4 is 33.4 Å². The lowest BCUT2D eigenvalue weighted by Crippen LogP contribution is -2.38. The molecule has 1 aliphatic rings. The van der Waals surface area contributed by atoms with Crippen molar-refractivity contribution < 1.29 is 4.21 Å². The number of hydrogen-bond acceptors (Lipinski definition) is 3. The molecule has 1 fully saturated rings. The number of halogens is 1. The average molecular weight is 374 g/mol. The van der Waals surface area contributed by atoms with E-state index < -0.39 is 10.8 Å². The number of nitrogens with one attached hydrogen (secondary N) is 2. The zero-order chi connectivity index (χ0) is 17.4. The second-order valence-electron chi connectivity index (χ2n) is 6.54. The van der Waals surface area contributed by atoms with E-state index in [0.717, 1.165) is 22.3 Å². The molecular weight excluding hydrogens is 354 g/mol. The van der Waals surface area contributed by atoms with E-state index in [4.69, 9.17) is 11.6 Å². The minimum Gasteiger partial charge on any atom is -0.341 e. The van der Waals surface area contributed by atoms with Gasteiger partial charge in [-0.05, 0) is 48.7 Å². The Morgan fingerprint density at radius 3 is 2.80 bits per heavy atom. The molecule has 0 bridgehead atoms. The molecule has 1 aromatic carbocycles. The molecule has 4 rings (SSSR count). The molecule has 2 unspecified atom stereocenters. The van der Waals surface area contributed by atoms with Gasteiger partial charge in [-0.3, -0.25) is 4.21 Å². The van der Waals surface area contributed by atoms with Crippen molar-refractivity contribution in [3.8, 4) is 0 Å². The fraction of sp³-hybridized carbons (Fsp3) is 0.316. The summed E-state index contributed by atoms with van der Waals surface area (Å²) in [4.78, 5) is 8.50. The molecule has 0 aliphatic heterocycles. The van der Waals surface area contributed by atoms with E-state index in [0.29, 0.717) is 16.0 Å². The molecular formula is C19H20ClN3OS. The summed E-state index contributed by atoms with van der Waals surface area (Å²) >= 11 is 6.38. The van der Waals surface area contributed by atoms with Crippen LogP contribution in [0, 0.1) is 0 Å². The zero-order valence-corrected chi connectivity index (χ0v) is 15.5. The topological polar surface area (TPSA) is 57.8 Å². The second kappa shape index (κ2) is 6.90. The minimum atomic E-state index is -1.09. The van der Waals surface area contributed by atoms with Gasteiger partial charge in [0.15, 0.2) is 0 Å². The summed E-state index contributed by atoms with van der Waals surface area (Å²) in [6, 6.07) is 12.5. The average Bonchev–Trinajstić information content (AvgIpc) is 2.97. The largest absolute Gasteiger partial charge is 0.341 e. The summed E-state index contributed by atoms with van der Waals surface area (Å²) in [5, 5.41) is 5.37. The molecule has 6 heteroatoms. The fourth-order valence-corrected chi connectivity index (χ4v) is 4.35. The van der Waals surface area contributed by atoms with Gasteiger partial charge in [0.25, 0.3) is 0 Å². The number of aromatic amines is 1. The molecule has 1 aliphatic carbocycles. The molecule has 0 amide bonds. The molecule has 2 N–H and O–H groups in total. The van der Waals surface area contributed by atoms with Gasteiger partial charge in [0.1, 0.15) is 5.65 Å². The van der Waals surface area contributed by atoms with Crippen LogP contribution in [0.4, 0.5) is 0 Å². The number of H-pyrrole nitrogens is 1. The van der Waals surface area contributed by atoms with Crippen molar-refractivity contribution in [2.24, 2.45) is 0 Å². The maximum absolute atomic E-state index is 11.8. The molecule has 2 aromatic heterocycles. The lowest BCUT2D eigenvalue weighted by Gasteiger charge is -2.31. The van der Waals surface area contributed by atoms with Crippen LogP contribution in [0.3, 0.4) is 0 Å². The summed E-state index contributed by atoms with van der Waals surface area (Å²) in [5.74, 6) is 0. The summed E-state index contributed by atoms with van der Waals surface area (Å²) in [5.41, 5.74) is 3.02. The minimum absolute atomic E-state index is 0.0105. The van der Waals surface area contributed by atoms with E-state index in [1.807, 2.05) is 24.3 Å². The Morgan fingerprint density at radius 1 is 1.32 bits per heavy atom. The van der Waals surface area contributed by atoms with Crippen molar-refractivity contribution in [3.05, 3.63) is 58.9 Å². The third kappa shape index (κ3) is 3.36. The first-order valence-corrected chi connectivity index (χ1v) is 10.4. The van der Waals surface area contributed by atoms with E-state index in [-0.39, 0.29) is 6.04 Å². The highest BCUT2D eigenvalue weighted by molar-refractivity contribution is 7.84. The highest BCUT2D eigenvalue weighted by atomic mass is 35.5. The van der Waals surface area contributed by atoms with Crippen molar-refractivity contribution in [2.45, 2.75) is 36.2 Å². The van der Waals surface area contributed by atoms with Crippen molar-refractivity contribution in [1.82, 2.24) is 15.3 Å². The second-order valence-corrected chi connectivity index (χ2v) is 8.29. The predicted molar refractivity (Wildman–Crippen MR) is 102 cm³/mol. The number of benzene rings is 1. The summed E-state index contributed by atoms with van der Waals surface area (Å²) in [6.07, 6.45) is 7.10. The molecule has 2 heterocycles. The first-order valence-electron chi connectivity index (χ1n) is 8.44. The van der Waals surface area contributed by atoms with Crippen LogP contribution in [0.1, 0.15) is 36.6 Å². The Balaban J connectivity index is 1.75. The van der Waals surface area contributed by atoms with Crippen molar-refractivity contribution in [2.75, 3.05) is 6.26 Å². The van der Waals surface area contributed by atoms with Gasteiger partial charge in [0, 0.05) is 29.6 Å². The molecule has 0 spiro atoms. The van der Waals surface area contributed by atoms with Crippen LogP contribution < -0.4 is 5.32 Å². The maximum Gasteiger partial charge on any atom is 0.137 e. The van der Waals surface area contributed by atoms with Gasteiger partial charge in [-0.15, -0.1) is 0 Å². The third-order valence-corrected chi connectivity index (χ3v) is 6.23. The fourth-order valence-electron chi connectivity index (χ4n) is 3.24. The van der Waals surface area contributed by atoms with E-state index in [1.54, 1.807) is 12.5 Å². The van der Waals surface area contributed by atoms with Crippen LogP contribution in [-0.4, -0.2) is 26.5 Å². The van der Waals surface area contributed by atoms with E-state index in [9.17, 15) is 4.21 Å². The number of nitrogens with zero attached hydrogens (tertiary/aromatic N) is 1. The number of fused-ring (bicyclic) bond motifs is 1. The monoisotopic (exact) mass is 373 g/mol. The molecule has 25 heavy (non-hydrogen) atoms. The van der Waals surface area contributed by atoms with Crippen LogP contribution in [0.2, 0.25) is 5.02 Å². The van der Waals surface area contributed by atoms with Gasteiger partial charge in [-0.2, -0.15) is 0 Å². The summed E-state index contributed by atoms with van der Waals surface area (Å²) in [6.45, 7) is 0. The van der Waals surface area contributed by atoms with Gasteiger partial charge in [0.2, 0.25) is 0 Å². The lowest BCUT2D eigenvalue weighted by molar-refractivity contribution is 0.319. The predicted octanol–water partition coefficient (Wildman–Crippen LogP) is 4.19. The Bertz CT molecular complexity index is 902. The zero-order valence-electron chi connectivity index (χ0n) is 14.0. The van der Waals surface area contributed by atoms with Gasteiger partial charge in [0.05, 0.1) is 26.8 Å². The molecule has 0 radical (unpaired) electrons. The molecule has 4 nitrogen and oxygen atoms in total. The summed E-state index contributed by atoms with van der Waals surface area (Å²) < 4.78 is 11.8. The first kappa shape index (κ1) is 16.8. The Morgan fingerprint density at radius 2 is 2.16 bits per heavy atom. The van der Waals surface area contributed by atoms with E-state index in [1.165, 1.54) is 19.3 Å².